The summed E-state index contributed by atoms with van der Waals surface area (Å²) in [5, 5.41) is 10.8. The summed E-state index contributed by atoms with van der Waals surface area (Å²) in [6.07, 6.45) is -3.84. The van der Waals surface area contributed by atoms with Crippen LogP contribution in [0.2, 0.25) is 0 Å². The molecule has 26 heavy (non-hydrogen) atoms. The summed E-state index contributed by atoms with van der Waals surface area (Å²) < 4.78 is 53.6. The Bertz CT molecular complexity index is 983. The SMILES string of the molecule is Cc1nc([N+](=O)[O-])cn1-c1nc(-c2ccc(F)cc2)cc(C(F)(F)F)n1. The zero-order valence-electron chi connectivity index (χ0n) is 13.0. The van der Waals surface area contributed by atoms with Crippen molar-refractivity contribution in [3.8, 4) is 17.2 Å². The summed E-state index contributed by atoms with van der Waals surface area (Å²) in [4.78, 5) is 21.1. The maximum absolute atomic E-state index is 13.2. The molecule has 0 spiro atoms. The molecule has 0 bridgehead atoms. The molecule has 0 radical (unpaired) electrons. The number of nitro groups is 1. The quantitative estimate of drug-likeness (QED) is 0.400. The van der Waals surface area contributed by atoms with Crippen LogP contribution < -0.4 is 0 Å². The molecule has 2 heterocycles. The van der Waals surface area contributed by atoms with Gasteiger partial charge in [-0.05, 0) is 40.2 Å². The summed E-state index contributed by atoms with van der Waals surface area (Å²) >= 11 is 0. The standard InChI is InChI=1S/C15H9F4N5O2/c1-8-20-13(24(25)26)7-23(8)14-21-11(6-12(22-14)15(17,18)19)9-2-4-10(16)5-3-9/h2-7H,1H3. The van der Waals surface area contributed by atoms with Gasteiger partial charge >= 0.3 is 12.0 Å². The number of hydrogen-bond donors (Lipinski definition) is 0. The van der Waals surface area contributed by atoms with Crippen LogP contribution in [0.4, 0.5) is 23.4 Å². The summed E-state index contributed by atoms with van der Waals surface area (Å²) in [6, 6.07) is 5.42. The Morgan fingerprint density at radius 1 is 1.12 bits per heavy atom. The van der Waals surface area contributed by atoms with E-state index in [2.05, 4.69) is 15.0 Å². The molecule has 2 aromatic heterocycles. The van der Waals surface area contributed by atoms with E-state index in [1.807, 2.05) is 0 Å². The molecule has 0 amide bonds. The van der Waals surface area contributed by atoms with Crippen LogP contribution in [0.1, 0.15) is 11.5 Å². The molecule has 0 unspecified atom stereocenters. The molecule has 0 saturated carbocycles. The van der Waals surface area contributed by atoms with E-state index in [4.69, 9.17) is 0 Å². The highest BCUT2D eigenvalue weighted by Gasteiger charge is 2.34. The molecule has 1 aromatic carbocycles. The second-order valence-electron chi connectivity index (χ2n) is 5.22. The molecule has 7 nitrogen and oxygen atoms in total. The monoisotopic (exact) mass is 367 g/mol. The molecule has 0 aliphatic rings. The summed E-state index contributed by atoms with van der Waals surface area (Å²) in [5.74, 6) is -1.50. The molecule has 0 atom stereocenters. The molecule has 3 rings (SSSR count). The first kappa shape index (κ1) is 17.5. The molecular weight excluding hydrogens is 358 g/mol. The van der Waals surface area contributed by atoms with Crippen LogP contribution in [0.15, 0.2) is 36.5 Å². The lowest BCUT2D eigenvalue weighted by atomic mass is 10.1. The number of imidazole rings is 1. The van der Waals surface area contributed by atoms with Crippen molar-refractivity contribution in [2.45, 2.75) is 13.1 Å². The molecule has 0 aliphatic heterocycles. The Kier molecular flexibility index (Phi) is 4.14. The van der Waals surface area contributed by atoms with E-state index < -0.39 is 34.4 Å². The van der Waals surface area contributed by atoms with E-state index in [-0.39, 0.29) is 17.1 Å². The van der Waals surface area contributed by atoms with Crippen LogP contribution >= 0.6 is 0 Å². The van der Waals surface area contributed by atoms with Crippen LogP contribution in [-0.4, -0.2) is 24.4 Å². The Morgan fingerprint density at radius 2 is 1.77 bits per heavy atom. The highest BCUT2D eigenvalue weighted by atomic mass is 19.4. The van der Waals surface area contributed by atoms with Crippen molar-refractivity contribution in [1.29, 1.82) is 0 Å². The van der Waals surface area contributed by atoms with Crippen molar-refractivity contribution in [2.24, 2.45) is 0 Å². The van der Waals surface area contributed by atoms with E-state index >= 15 is 0 Å². The third kappa shape index (κ3) is 3.36. The third-order valence-electron chi connectivity index (χ3n) is 3.42. The average molecular weight is 367 g/mol. The highest BCUT2D eigenvalue weighted by molar-refractivity contribution is 5.60. The number of aromatic nitrogens is 4. The van der Waals surface area contributed by atoms with Crippen LogP contribution in [0.5, 0.6) is 0 Å². The molecule has 134 valence electrons. The number of alkyl halides is 3. The molecule has 11 heteroatoms. The van der Waals surface area contributed by atoms with E-state index in [0.29, 0.717) is 0 Å². The molecule has 0 N–H and O–H groups in total. The Hall–Kier alpha value is -3.37. The topological polar surface area (TPSA) is 86.7 Å². The number of benzene rings is 1. The normalized spacial score (nSPS) is 11.6. The van der Waals surface area contributed by atoms with Crippen molar-refractivity contribution in [3.05, 3.63) is 64.0 Å². The lowest BCUT2D eigenvalue weighted by Crippen LogP contribution is -2.13. The van der Waals surface area contributed by atoms with E-state index in [0.717, 1.165) is 29.0 Å². The van der Waals surface area contributed by atoms with Gasteiger partial charge in [-0.15, -0.1) is 0 Å². The van der Waals surface area contributed by atoms with Gasteiger partial charge in [0.05, 0.1) is 5.69 Å². The first-order valence-electron chi connectivity index (χ1n) is 7.08. The minimum Gasteiger partial charge on any atom is -0.358 e. The van der Waals surface area contributed by atoms with Gasteiger partial charge in [-0.1, -0.05) is 0 Å². The van der Waals surface area contributed by atoms with Gasteiger partial charge in [0, 0.05) is 12.5 Å². The molecule has 3 aromatic rings. The van der Waals surface area contributed by atoms with Gasteiger partial charge in [0.15, 0.2) is 5.69 Å². The number of aryl methyl sites for hydroxylation is 1. The van der Waals surface area contributed by atoms with Gasteiger partial charge in [0.2, 0.25) is 11.8 Å². The minimum absolute atomic E-state index is 0.0427. The second-order valence-corrected chi connectivity index (χ2v) is 5.22. The van der Waals surface area contributed by atoms with Gasteiger partial charge in [-0.2, -0.15) is 13.2 Å². The van der Waals surface area contributed by atoms with Gasteiger partial charge in [-0.25, -0.2) is 18.9 Å². The first-order chi connectivity index (χ1) is 12.1. The third-order valence-corrected chi connectivity index (χ3v) is 3.42. The Labute approximate surface area is 143 Å². The average Bonchev–Trinajstić information content (AvgIpc) is 2.96. The Balaban J connectivity index is 2.20. The van der Waals surface area contributed by atoms with Gasteiger partial charge in [0.1, 0.15) is 12.0 Å². The zero-order valence-corrected chi connectivity index (χ0v) is 13.0. The summed E-state index contributed by atoms with van der Waals surface area (Å²) in [6.45, 7) is 1.37. The number of nitrogens with zero attached hydrogens (tertiary/aromatic N) is 5. The molecule has 0 aliphatic carbocycles. The van der Waals surface area contributed by atoms with E-state index in [1.165, 1.54) is 19.1 Å². The van der Waals surface area contributed by atoms with Crippen molar-refractivity contribution < 1.29 is 22.5 Å². The zero-order chi connectivity index (χ0) is 19.1. The van der Waals surface area contributed by atoms with Crippen LogP contribution in [-0.2, 0) is 6.18 Å². The van der Waals surface area contributed by atoms with E-state index in [9.17, 15) is 27.7 Å². The largest absolute Gasteiger partial charge is 0.433 e. The van der Waals surface area contributed by atoms with Gasteiger partial charge < -0.3 is 10.1 Å². The summed E-state index contributed by atoms with van der Waals surface area (Å²) in [7, 11) is 0. The lowest BCUT2D eigenvalue weighted by molar-refractivity contribution is -0.389. The maximum Gasteiger partial charge on any atom is 0.433 e. The number of halogens is 4. The fourth-order valence-corrected chi connectivity index (χ4v) is 2.20. The lowest BCUT2D eigenvalue weighted by Gasteiger charge is -2.11. The second kappa shape index (κ2) is 6.17. The maximum atomic E-state index is 13.2. The van der Waals surface area contributed by atoms with Crippen molar-refractivity contribution in [1.82, 2.24) is 19.5 Å². The van der Waals surface area contributed by atoms with Crippen molar-refractivity contribution in [3.63, 3.8) is 0 Å². The van der Waals surface area contributed by atoms with Crippen LogP contribution in [0.3, 0.4) is 0 Å². The van der Waals surface area contributed by atoms with Crippen LogP contribution in [0, 0.1) is 22.9 Å². The summed E-state index contributed by atoms with van der Waals surface area (Å²) in [5.41, 5.74) is -1.12. The molecule has 0 fully saturated rings. The van der Waals surface area contributed by atoms with Gasteiger partial charge in [-0.3, -0.25) is 0 Å². The number of rotatable bonds is 3. The van der Waals surface area contributed by atoms with Crippen molar-refractivity contribution >= 4 is 5.82 Å². The fourth-order valence-electron chi connectivity index (χ4n) is 2.20. The van der Waals surface area contributed by atoms with Gasteiger partial charge in [0.25, 0.3) is 0 Å². The van der Waals surface area contributed by atoms with Crippen LogP contribution in [0.25, 0.3) is 17.2 Å². The molecular formula is C15H9F4N5O2. The van der Waals surface area contributed by atoms with Crippen molar-refractivity contribution in [2.75, 3.05) is 0 Å². The highest BCUT2D eigenvalue weighted by Crippen LogP contribution is 2.31. The van der Waals surface area contributed by atoms with E-state index in [1.54, 1.807) is 0 Å². The Morgan fingerprint density at radius 3 is 2.31 bits per heavy atom. The minimum atomic E-state index is -4.77. The fraction of sp³-hybridized carbons (Fsp3) is 0.133. The first-order valence-corrected chi connectivity index (χ1v) is 7.08. The molecule has 0 saturated heterocycles. The predicted molar refractivity (Wildman–Crippen MR) is 80.9 cm³/mol. The smallest absolute Gasteiger partial charge is 0.358 e. The number of hydrogen-bond acceptors (Lipinski definition) is 5. The predicted octanol–water partition coefficient (Wildman–Crippen LogP) is 3.70.